The molecule has 1 aromatic rings. The summed E-state index contributed by atoms with van der Waals surface area (Å²) in [5.74, 6) is 0.588. The van der Waals surface area contributed by atoms with Crippen LogP contribution in [0.4, 0.5) is 0 Å². The number of halogens is 1. The zero-order chi connectivity index (χ0) is 14.6. The molecule has 0 saturated heterocycles. The molecule has 0 aliphatic heterocycles. The first-order valence-corrected chi connectivity index (χ1v) is 9.71. The van der Waals surface area contributed by atoms with Crippen molar-refractivity contribution in [2.24, 2.45) is 5.92 Å². The average Bonchev–Trinajstić information content (AvgIpc) is 2.83. The minimum Gasteiger partial charge on any atom is -0.215 e. The van der Waals surface area contributed by atoms with Crippen molar-refractivity contribution in [3.8, 4) is 0 Å². The third-order valence-electron chi connectivity index (χ3n) is 3.97. The zero-order valence-corrected chi connectivity index (χ0v) is 14.2. The second-order valence-electron chi connectivity index (χ2n) is 5.65. The highest BCUT2D eigenvalue weighted by Crippen LogP contribution is 2.31. The van der Waals surface area contributed by atoms with E-state index >= 15 is 0 Å². The lowest BCUT2D eigenvalue weighted by Gasteiger charge is -2.17. The molecule has 112 valence electrons. The maximum Gasteiger partial charge on any atom is 0.212 e. The van der Waals surface area contributed by atoms with Gasteiger partial charge in [0.25, 0.3) is 0 Å². The minimum atomic E-state index is -3.21. The van der Waals surface area contributed by atoms with Crippen LogP contribution in [0, 0.1) is 5.92 Å². The van der Waals surface area contributed by atoms with Crippen molar-refractivity contribution < 1.29 is 8.42 Å². The van der Waals surface area contributed by atoms with Gasteiger partial charge >= 0.3 is 0 Å². The molecular formula is C15H22BrNO2S. The molecule has 0 amide bonds. The number of benzene rings is 1. The van der Waals surface area contributed by atoms with Crippen LogP contribution in [-0.4, -0.2) is 25.5 Å². The van der Waals surface area contributed by atoms with Gasteiger partial charge in [0.15, 0.2) is 0 Å². The molecule has 1 saturated carbocycles. The van der Waals surface area contributed by atoms with E-state index in [4.69, 9.17) is 0 Å². The Morgan fingerprint density at radius 2 is 2.00 bits per heavy atom. The van der Waals surface area contributed by atoms with Crippen LogP contribution in [0.2, 0.25) is 0 Å². The summed E-state index contributed by atoms with van der Waals surface area (Å²) in [5.41, 5.74) is 1.07. The van der Waals surface area contributed by atoms with Gasteiger partial charge in [0, 0.05) is 11.4 Å². The Balaban J connectivity index is 1.87. The van der Waals surface area contributed by atoms with Gasteiger partial charge in [0.05, 0.1) is 5.75 Å². The summed E-state index contributed by atoms with van der Waals surface area (Å²) < 4.78 is 27.1. The standard InChI is InChI=1S/C15H22BrNO2S/c1-12(13-6-3-2-4-7-13)11-20(18,19)17-10-14-8-5-9-15(14)16/h2-4,6-7,12,14-15,17H,5,8-11H2,1H3. The van der Waals surface area contributed by atoms with E-state index in [9.17, 15) is 8.42 Å². The predicted octanol–water partition coefficient (Wildman–Crippen LogP) is 3.27. The molecule has 3 unspecified atom stereocenters. The maximum absolute atomic E-state index is 12.2. The lowest BCUT2D eigenvalue weighted by Crippen LogP contribution is -2.34. The largest absolute Gasteiger partial charge is 0.215 e. The summed E-state index contributed by atoms with van der Waals surface area (Å²) in [6.45, 7) is 2.51. The van der Waals surface area contributed by atoms with E-state index in [1.807, 2.05) is 37.3 Å². The van der Waals surface area contributed by atoms with E-state index in [2.05, 4.69) is 20.7 Å². The summed E-state index contributed by atoms with van der Waals surface area (Å²) in [6, 6.07) is 9.79. The highest BCUT2D eigenvalue weighted by molar-refractivity contribution is 9.09. The molecule has 0 radical (unpaired) electrons. The van der Waals surface area contributed by atoms with Crippen LogP contribution in [0.25, 0.3) is 0 Å². The Kier molecular flexibility index (Phi) is 5.64. The highest BCUT2D eigenvalue weighted by atomic mass is 79.9. The molecular weight excluding hydrogens is 338 g/mol. The summed E-state index contributed by atoms with van der Waals surface area (Å²) in [4.78, 5) is 0.455. The third kappa shape index (κ3) is 4.57. The zero-order valence-electron chi connectivity index (χ0n) is 11.8. The second-order valence-corrected chi connectivity index (χ2v) is 8.68. The van der Waals surface area contributed by atoms with E-state index in [0.717, 1.165) is 18.4 Å². The van der Waals surface area contributed by atoms with Gasteiger partial charge in [-0.3, -0.25) is 0 Å². The first-order valence-electron chi connectivity index (χ1n) is 7.14. The minimum absolute atomic E-state index is 0.0112. The van der Waals surface area contributed by atoms with Crippen molar-refractivity contribution in [1.82, 2.24) is 4.72 Å². The first-order chi connectivity index (χ1) is 9.48. The third-order valence-corrected chi connectivity index (χ3v) is 6.72. The molecule has 1 aliphatic carbocycles. The molecule has 0 aromatic heterocycles. The molecule has 5 heteroatoms. The Bertz CT molecular complexity index is 518. The molecule has 0 spiro atoms. The number of rotatable bonds is 6. The van der Waals surface area contributed by atoms with Gasteiger partial charge < -0.3 is 0 Å². The van der Waals surface area contributed by atoms with Crippen molar-refractivity contribution >= 4 is 26.0 Å². The molecule has 3 atom stereocenters. The topological polar surface area (TPSA) is 46.2 Å². The van der Waals surface area contributed by atoms with Crippen LogP contribution in [-0.2, 0) is 10.0 Å². The van der Waals surface area contributed by atoms with Crippen LogP contribution in [0.15, 0.2) is 30.3 Å². The lowest BCUT2D eigenvalue weighted by atomic mass is 10.0. The molecule has 1 aliphatic rings. The molecule has 0 heterocycles. The van der Waals surface area contributed by atoms with E-state index in [-0.39, 0.29) is 11.7 Å². The van der Waals surface area contributed by atoms with Gasteiger partial charge in [-0.25, -0.2) is 13.1 Å². The number of hydrogen-bond acceptors (Lipinski definition) is 2. The van der Waals surface area contributed by atoms with Crippen molar-refractivity contribution in [3.63, 3.8) is 0 Å². The summed E-state index contributed by atoms with van der Waals surface area (Å²) in [7, 11) is -3.21. The molecule has 1 aromatic carbocycles. The number of nitrogens with one attached hydrogen (secondary N) is 1. The molecule has 0 bridgehead atoms. The van der Waals surface area contributed by atoms with Gasteiger partial charge in [-0.15, -0.1) is 0 Å². The molecule has 1 N–H and O–H groups in total. The van der Waals surface area contributed by atoms with Gasteiger partial charge in [-0.05, 0) is 30.2 Å². The molecule has 1 fully saturated rings. The van der Waals surface area contributed by atoms with Crippen LogP contribution < -0.4 is 4.72 Å². The predicted molar refractivity (Wildman–Crippen MR) is 86.7 cm³/mol. The van der Waals surface area contributed by atoms with Crippen molar-refractivity contribution in [1.29, 1.82) is 0 Å². The van der Waals surface area contributed by atoms with Gasteiger partial charge in [-0.2, -0.15) is 0 Å². The van der Waals surface area contributed by atoms with E-state index in [1.165, 1.54) is 6.42 Å². The summed E-state index contributed by atoms with van der Waals surface area (Å²) >= 11 is 3.63. The van der Waals surface area contributed by atoms with Gasteiger partial charge in [-0.1, -0.05) is 59.6 Å². The lowest BCUT2D eigenvalue weighted by molar-refractivity contribution is 0.527. The van der Waals surface area contributed by atoms with Gasteiger partial charge in [0.1, 0.15) is 0 Å². The molecule has 2 rings (SSSR count). The number of sulfonamides is 1. The normalized spacial score (nSPS) is 24.7. The van der Waals surface area contributed by atoms with E-state index in [1.54, 1.807) is 0 Å². The van der Waals surface area contributed by atoms with Crippen molar-refractivity contribution in [2.45, 2.75) is 36.9 Å². The van der Waals surface area contributed by atoms with E-state index < -0.39 is 10.0 Å². The monoisotopic (exact) mass is 359 g/mol. The Morgan fingerprint density at radius 1 is 1.30 bits per heavy atom. The summed E-state index contributed by atoms with van der Waals surface area (Å²) in [6.07, 6.45) is 3.43. The van der Waals surface area contributed by atoms with Crippen molar-refractivity contribution in [2.75, 3.05) is 12.3 Å². The first kappa shape index (κ1) is 16.0. The fourth-order valence-corrected chi connectivity index (χ4v) is 4.93. The van der Waals surface area contributed by atoms with Crippen LogP contribution in [0.3, 0.4) is 0 Å². The Hall–Kier alpha value is -0.390. The highest BCUT2D eigenvalue weighted by Gasteiger charge is 2.26. The number of alkyl halides is 1. The smallest absolute Gasteiger partial charge is 0.212 e. The Labute approximate surface area is 130 Å². The average molecular weight is 360 g/mol. The summed E-state index contributed by atoms with van der Waals surface area (Å²) in [5, 5.41) is 0. The fraction of sp³-hybridized carbons (Fsp3) is 0.600. The SMILES string of the molecule is CC(CS(=O)(=O)NCC1CCCC1Br)c1ccccc1. The molecule has 20 heavy (non-hydrogen) atoms. The fourth-order valence-electron chi connectivity index (χ4n) is 2.72. The van der Waals surface area contributed by atoms with Crippen LogP contribution >= 0.6 is 15.9 Å². The second kappa shape index (κ2) is 7.05. The van der Waals surface area contributed by atoms with Crippen LogP contribution in [0.5, 0.6) is 0 Å². The van der Waals surface area contributed by atoms with Gasteiger partial charge in [0.2, 0.25) is 10.0 Å². The van der Waals surface area contributed by atoms with Crippen LogP contribution in [0.1, 0.15) is 37.7 Å². The Morgan fingerprint density at radius 3 is 2.60 bits per heavy atom. The number of hydrogen-bond donors (Lipinski definition) is 1. The van der Waals surface area contributed by atoms with Crippen molar-refractivity contribution in [3.05, 3.63) is 35.9 Å². The maximum atomic E-state index is 12.2. The quantitative estimate of drug-likeness (QED) is 0.792. The molecule has 3 nitrogen and oxygen atoms in total. The van der Waals surface area contributed by atoms with E-state index in [0.29, 0.717) is 17.3 Å².